The van der Waals surface area contributed by atoms with Crippen molar-refractivity contribution in [3.05, 3.63) is 54.1 Å². The van der Waals surface area contributed by atoms with Crippen molar-refractivity contribution in [1.82, 2.24) is 0 Å². The van der Waals surface area contributed by atoms with Crippen molar-refractivity contribution in [1.29, 1.82) is 0 Å². The minimum Gasteiger partial charge on any atom is -0.469 e. The van der Waals surface area contributed by atoms with Crippen molar-refractivity contribution in [2.24, 2.45) is 16.5 Å². The summed E-state index contributed by atoms with van der Waals surface area (Å²) in [4.78, 5) is 31.6. The smallest absolute Gasteiger partial charge is 0.329 e. The molecule has 0 atom stereocenters. The van der Waals surface area contributed by atoms with E-state index in [9.17, 15) is 9.59 Å². The molecular formula is C20H24ClN5O3. The molecule has 2 aromatic carbocycles. The fourth-order valence-corrected chi connectivity index (χ4v) is 3.09. The number of rotatable bonds is 6. The summed E-state index contributed by atoms with van der Waals surface area (Å²) in [5, 5.41) is 0. The number of carbonyl (C=O) groups excluding carboxylic acids is 2. The van der Waals surface area contributed by atoms with Gasteiger partial charge in [0.25, 0.3) is 0 Å². The van der Waals surface area contributed by atoms with Gasteiger partial charge >= 0.3 is 12.0 Å². The van der Waals surface area contributed by atoms with E-state index in [1.807, 2.05) is 36.4 Å². The molecule has 0 spiro atoms. The molecule has 0 radical (unpaired) electrons. The lowest BCUT2D eigenvalue weighted by atomic mass is 10.1. The highest BCUT2D eigenvalue weighted by Crippen LogP contribution is 2.28. The third kappa shape index (κ3) is 5.39. The van der Waals surface area contributed by atoms with E-state index in [0.717, 1.165) is 16.9 Å². The van der Waals surface area contributed by atoms with E-state index in [0.29, 0.717) is 31.6 Å². The van der Waals surface area contributed by atoms with Crippen molar-refractivity contribution in [2.75, 3.05) is 30.0 Å². The molecule has 0 bridgehead atoms. The summed E-state index contributed by atoms with van der Waals surface area (Å²) < 4.78 is 4.66. The van der Waals surface area contributed by atoms with Gasteiger partial charge in [-0.3, -0.25) is 14.6 Å². The van der Waals surface area contributed by atoms with E-state index in [1.54, 1.807) is 21.9 Å². The zero-order chi connectivity index (χ0) is 20.1. The van der Waals surface area contributed by atoms with Crippen molar-refractivity contribution in [2.45, 2.75) is 12.8 Å². The Hall–Kier alpha value is -3.26. The summed E-state index contributed by atoms with van der Waals surface area (Å²) in [6, 6.07) is 14.7. The maximum Gasteiger partial charge on any atom is 0.329 e. The monoisotopic (exact) mass is 417 g/mol. The molecule has 8 nitrogen and oxygen atoms in total. The Morgan fingerprint density at radius 2 is 1.72 bits per heavy atom. The molecule has 4 N–H and O–H groups in total. The molecule has 0 aromatic heterocycles. The second kappa shape index (κ2) is 9.79. The maximum atomic E-state index is 12.9. The van der Waals surface area contributed by atoms with Crippen LogP contribution in [-0.2, 0) is 16.0 Å². The topological polar surface area (TPSA) is 114 Å². The van der Waals surface area contributed by atoms with Crippen LogP contribution in [0.4, 0.5) is 21.9 Å². The van der Waals surface area contributed by atoms with Gasteiger partial charge < -0.3 is 16.2 Å². The molecular weight excluding hydrogens is 394 g/mol. The summed E-state index contributed by atoms with van der Waals surface area (Å²) in [5.74, 6) is -0.267. The van der Waals surface area contributed by atoms with Gasteiger partial charge in [0, 0.05) is 30.9 Å². The van der Waals surface area contributed by atoms with E-state index in [-0.39, 0.29) is 30.4 Å². The van der Waals surface area contributed by atoms with Gasteiger partial charge in [0.15, 0.2) is 5.96 Å². The third-order valence-electron chi connectivity index (χ3n) is 4.50. The van der Waals surface area contributed by atoms with E-state index in [2.05, 4.69) is 9.73 Å². The number of halogens is 1. The average molecular weight is 418 g/mol. The number of anilines is 2. The average Bonchev–Trinajstić information content (AvgIpc) is 3.07. The van der Waals surface area contributed by atoms with Gasteiger partial charge in [-0.25, -0.2) is 9.79 Å². The van der Waals surface area contributed by atoms with E-state index < -0.39 is 0 Å². The molecule has 1 saturated heterocycles. The molecule has 1 heterocycles. The van der Waals surface area contributed by atoms with Crippen LogP contribution < -0.4 is 21.3 Å². The number of urea groups is 1. The SMILES string of the molecule is COC(=O)CCc1ccc(N2CCN(c3cccc(N=C(N)N)c3)C2=O)cc1.Cl. The van der Waals surface area contributed by atoms with Crippen LogP contribution in [0.2, 0.25) is 0 Å². The molecule has 9 heteroatoms. The van der Waals surface area contributed by atoms with Gasteiger partial charge in [-0.05, 0) is 42.3 Å². The van der Waals surface area contributed by atoms with Crippen LogP contribution in [-0.4, -0.2) is 38.2 Å². The summed E-state index contributed by atoms with van der Waals surface area (Å²) in [7, 11) is 1.38. The fraction of sp³-hybridized carbons (Fsp3) is 0.250. The highest BCUT2D eigenvalue weighted by molar-refractivity contribution is 6.06. The molecule has 3 rings (SSSR count). The largest absolute Gasteiger partial charge is 0.469 e. The van der Waals surface area contributed by atoms with E-state index >= 15 is 0 Å². The van der Waals surface area contributed by atoms with Gasteiger partial charge in [-0.1, -0.05) is 18.2 Å². The second-order valence-corrected chi connectivity index (χ2v) is 6.38. The van der Waals surface area contributed by atoms with Crippen LogP contribution in [0.1, 0.15) is 12.0 Å². The predicted octanol–water partition coefficient (Wildman–Crippen LogP) is 2.57. The third-order valence-corrected chi connectivity index (χ3v) is 4.50. The van der Waals surface area contributed by atoms with Crippen LogP contribution in [0, 0.1) is 0 Å². The van der Waals surface area contributed by atoms with Crippen molar-refractivity contribution in [3.8, 4) is 0 Å². The summed E-state index contributed by atoms with van der Waals surface area (Å²) in [6.45, 7) is 1.14. The Balaban J connectivity index is 0.00000300. The van der Waals surface area contributed by atoms with Crippen molar-refractivity contribution < 1.29 is 14.3 Å². The molecule has 1 fully saturated rings. The first-order valence-corrected chi connectivity index (χ1v) is 8.92. The molecule has 1 aliphatic heterocycles. The standard InChI is InChI=1S/C20H23N5O3.ClH/c1-28-18(26)10-7-14-5-8-16(9-6-14)24-11-12-25(20(24)27)17-4-2-3-15(13-17)23-19(21)22;/h2-6,8-9,13H,7,10-12H2,1H3,(H4,21,22,23);1H. The number of hydrogen-bond donors (Lipinski definition) is 2. The molecule has 29 heavy (non-hydrogen) atoms. The molecule has 1 aliphatic rings. The molecule has 154 valence electrons. The lowest BCUT2D eigenvalue weighted by Gasteiger charge is -2.19. The Morgan fingerprint density at radius 1 is 1.07 bits per heavy atom. The Morgan fingerprint density at radius 3 is 2.34 bits per heavy atom. The number of ether oxygens (including phenoxy) is 1. The number of nitrogens with two attached hydrogens (primary N) is 2. The highest BCUT2D eigenvalue weighted by atomic mass is 35.5. The van der Waals surface area contributed by atoms with Crippen LogP contribution in [0.3, 0.4) is 0 Å². The molecule has 0 unspecified atom stereocenters. The number of methoxy groups -OCH3 is 1. The van der Waals surface area contributed by atoms with Gasteiger partial charge in [-0.15, -0.1) is 12.4 Å². The van der Waals surface area contributed by atoms with E-state index in [1.165, 1.54) is 7.11 Å². The Labute approximate surface area is 175 Å². The zero-order valence-corrected chi connectivity index (χ0v) is 16.9. The maximum absolute atomic E-state index is 12.9. The molecule has 2 aromatic rings. The lowest BCUT2D eigenvalue weighted by Crippen LogP contribution is -2.31. The number of guanidine groups is 1. The van der Waals surface area contributed by atoms with Gasteiger partial charge in [0.1, 0.15) is 0 Å². The molecule has 0 aliphatic carbocycles. The summed E-state index contributed by atoms with van der Waals surface area (Å²) in [5.41, 5.74) is 14.0. The van der Waals surface area contributed by atoms with Crippen LogP contribution >= 0.6 is 12.4 Å². The number of benzene rings is 2. The predicted molar refractivity (Wildman–Crippen MR) is 116 cm³/mol. The first kappa shape index (κ1) is 22.0. The minimum atomic E-state index is -0.239. The number of esters is 1. The van der Waals surface area contributed by atoms with Gasteiger partial charge in [-0.2, -0.15) is 0 Å². The zero-order valence-electron chi connectivity index (χ0n) is 16.1. The van der Waals surface area contributed by atoms with Gasteiger partial charge in [0.2, 0.25) is 0 Å². The Bertz CT molecular complexity index is 897. The van der Waals surface area contributed by atoms with E-state index in [4.69, 9.17) is 11.5 Å². The van der Waals surface area contributed by atoms with Crippen LogP contribution in [0.15, 0.2) is 53.5 Å². The number of aliphatic imine (C=N–C) groups is 1. The molecule has 0 saturated carbocycles. The fourth-order valence-electron chi connectivity index (χ4n) is 3.09. The molecule has 2 amide bonds. The normalized spacial score (nSPS) is 13.1. The minimum absolute atomic E-state index is 0. The first-order valence-electron chi connectivity index (χ1n) is 8.92. The first-order chi connectivity index (χ1) is 13.5. The number of carbonyl (C=O) groups is 2. The van der Waals surface area contributed by atoms with Gasteiger partial charge in [0.05, 0.1) is 12.8 Å². The highest BCUT2D eigenvalue weighted by Gasteiger charge is 2.30. The number of hydrogen-bond acceptors (Lipinski definition) is 4. The summed E-state index contributed by atoms with van der Waals surface area (Å²) in [6.07, 6.45) is 0.934. The van der Waals surface area contributed by atoms with Crippen LogP contribution in [0.5, 0.6) is 0 Å². The number of nitrogens with zero attached hydrogens (tertiary/aromatic N) is 3. The lowest BCUT2D eigenvalue weighted by molar-refractivity contribution is -0.140. The van der Waals surface area contributed by atoms with Crippen LogP contribution in [0.25, 0.3) is 0 Å². The number of amides is 2. The number of aryl methyl sites for hydroxylation is 1. The van der Waals surface area contributed by atoms with Crippen molar-refractivity contribution >= 4 is 47.4 Å². The quantitative estimate of drug-likeness (QED) is 0.426. The second-order valence-electron chi connectivity index (χ2n) is 6.38. The Kier molecular flexibility index (Phi) is 7.44. The summed E-state index contributed by atoms with van der Waals surface area (Å²) >= 11 is 0. The van der Waals surface area contributed by atoms with Crippen molar-refractivity contribution in [3.63, 3.8) is 0 Å².